The summed E-state index contributed by atoms with van der Waals surface area (Å²) in [7, 11) is -2.83. The van der Waals surface area contributed by atoms with Crippen LogP contribution in [0.1, 0.15) is 17.7 Å². The highest BCUT2D eigenvalue weighted by Gasteiger charge is 2.18. The van der Waals surface area contributed by atoms with Crippen LogP contribution in [0.5, 0.6) is 0 Å². The molecule has 0 bridgehead atoms. The number of thioether (sulfide) groups is 1. The second-order valence-electron chi connectivity index (χ2n) is 7.84. The van der Waals surface area contributed by atoms with Crippen LogP contribution in [-0.4, -0.2) is 50.5 Å². The minimum Gasteiger partial charge on any atom is -0.465 e. The molecule has 3 rings (SSSR count). The normalized spacial score (nSPS) is 11.8. The molecule has 2 N–H and O–H groups in total. The molecular weight excluding hydrogens is 492 g/mol. The van der Waals surface area contributed by atoms with Crippen LogP contribution in [-0.2, 0) is 20.8 Å². The zero-order valence-corrected chi connectivity index (χ0v) is 21.3. The summed E-state index contributed by atoms with van der Waals surface area (Å²) in [6.45, 7) is 1.82. The van der Waals surface area contributed by atoms with Gasteiger partial charge in [0, 0.05) is 29.0 Å². The molecule has 2 aromatic carbocycles. The molecule has 1 heterocycles. The van der Waals surface area contributed by atoms with E-state index in [-0.39, 0.29) is 26.1 Å². The maximum absolute atomic E-state index is 12.4. The molecule has 0 atom stereocenters. The number of esters is 1. The number of carbonyl (C=O) groups excluding carboxylic acids is 1. The number of benzene rings is 2. The third kappa shape index (κ3) is 7.01. The van der Waals surface area contributed by atoms with Crippen molar-refractivity contribution in [3.05, 3.63) is 76.0 Å². The zero-order chi connectivity index (χ0) is 25.6. The van der Waals surface area contributed by atoms with E-state index in [1.54, 1.807) is 23.9 Å². The summed E-state index contributed by atoms with van der Waals surface area (Å²) in [5.74, 6) is -0.439. The van der Waals surface area contributed by atoms with Gasteiger partial charge in [-0.3, -0.25) is 13.9 Å². The first-order valence-corrected chi connectivity index (χ1v) is 13.9. The molecule has 0 spiro atoms. The lowest BCUT2D eigenvalue weighted by molar-refractivity contribution is -0.757. The Balaban J connectivity index is 1.89. The predicted molar refractivity (Wildman–Crippen MR) is 137 cm³/mol. The quantitative estimate of drug-likeness (QED) is 0.110. The highest BCUT2D eigenvalue weighted by molar-refractivity contribution is 8.23. The summed E-state index contributed by atoms with van der Waals surface area (Å²) in [4.78, 5) is 28.4. The van der Waals surface area contributed by atoms with Gasteiger partial charge in [-0.25, -0.2) is 0 Å². The summed E-state index contributed by atoms with van der Waals surface area (Å²) in [6, 6.07) is 17.0. The fourth-order valence-electron chi connectivity index (χ4n) is 3.59. The SMILES string of the molecule is CSc1ccc(-n2c(-c3ccc(S(C)(O)O)cc3)cc(CC(=O)OCCCO[N+](=O)[O-])c2C)cc1. The molecule has 3 aromatic rings. The van der Waals surface area contributed by atoms with Crippen molar-refractivity contribution in [3.63, 3.8) is 0 Å². The van der Waals surface area contributed by atoms with Gasteiger partial charge in [0.15, 0.2) is 0 Å². The number of hydrogen-bond donors (Lipinski definition) is 2. The number of hydrogen-bond acceptors (Lipinski definition) is 8. The van der Waals surface area contributed by atoms with E-state index in [1.165, 1.54) is 6.26 Å². The van der Waals surface area contributed by atoms with Gasteiger partial charge in [-0.1, -0.05) is 12.1 Å². The highest BCUT2D eigenvalue weighted by atomic mass is 32.3. The molecule has 0 aliphatic carbocycles. The van der Waals surface area contributed by atoms with Gasteiger partial charge in [0.1, 0.15) is 0 Å². The van der Waals surface area contributed by atoms with Gasteiger partial charge in [0.05, 0.1) is 30.2 Å². The molecular formula is C24H28N2O7S2. The first-order chi connectivity index (χ1) is 16.6. The summed E-state index contributed by atoms with van der Waals surface area (Å²) in [5.41, 5.74) is 4.28. The highest BCUT2D eigenvalue weighted by Crippen LogP contribution is 2.44. The Hall–Kier alpha value is -2.99. The van der Waals surface area contributed by atoms with Gasteiger partial charge in [0.2, 0.25) is 0 Å². The van der Waals surface area contributed by atoms with Crippen molar-refractivity contribution < 1.29 is 28.6 Å². The molecule has 1 aromatic heterocycles. The minimum atomic E-state index is -2.83. The van der Waals surface area contributed by atoms with E-state index in [1.807, 2.05) is 55.6 Å². The smallest absolute Gasteiger partial charge is 0.310 e. The number of aromatic nitrogens is 1. The third-order valence-electron chi connectivity index (χ3n) is 5.36. The first-order valence-electron chi connectivity index (χ1n) is 10.7. The summed E-state index contributed by atoms with van der Waals surface area (Å²) in [6.07, 6.45) is 3.66. The molecule has 0 aliphatic heterocycles. The van der Waals surface area contributed by atoms with Crippen LogP contribution in [0, 0.1) is 17.0 Å². The summed E-state index contributed by atoms with van der Waals surface area (Å²) < 4.78 is 27.2. The van der Waals surface area contributed by atoms with Gasteiger partial charge in [-0.2, -0.15) is 10.6 Å². The van der Waals surface area contributed by atoms with Crippen LogP contribution >= 0.6 is 22.4 Å². The molecule has 0 fully saturated rings. The Morgan fingerprint density at radius 2 is 1.77 bits per heavy atom. The van der Waals surface area contributed by atoms with E-state index in [4.69, 9.17) is 4.74 Å². The van der Waals surface area contributed by atoms with Gasteiger partial charge >= 0.3 is 5.97 Å². The van der Waals surface area contributed by atoms with Crippen molar-refractivity contribution in [2.75, 3.05) is 25.7 Å². The Morgan fingerprint density at radius 1 is 1.11 bits per heavy atom. The van der Waals surface area contributed by atoms with Crippen LogP contribution < -0.4 is 0 Å². The zero-order valence-electron chi connectivity index (χ0n) is 19.7. The summed E-state index contributed by atoms with van der Waals surface area (Å²) in [5, 5.41) is 9.32. The van der Waals surface area contributed by atoms with Crippen molar-refractivity contribution in [3.8, 4) is 16.9 Å². The van der Waals surface area contributed by atoms with E-state index in [9.17, 15) is 24.0 Å². The fraction of sp³-hybridized carbons (Fsp3) is 0.292. The lowest BCUT2D eigenvalue weighted by Crippen LogP contribution is -2.12. The van der Waals surface area contributed by atoms with Crippen LogP contribution in [0.2, 0.25) is 0 Å². The number of rotatable bonds is 11. The van der Waals surface area contributed by atoms with E-state index in [0.717, 1.165) is 33.1 Å². The molecule has 0 radical (unpaired) electrons. The third-order valence-corrected chi connectivity index (χ3v) is 7.27. The topological polar surface area (TPSA) is 124 Å². The standard InChI is InChI=1S/C24H28N2O7S2/c1-17-19(16-24(27)32-13-4-14-33-26(28)29)15-23(18-5-11-22(12-6-18)35(3,30)31)25(17)20-7-9-21(34-2)10-8-20/h5-12,15,30-31H,4,13-14,16H2,1-3H3. The molecule has 0 saturated carbocycles. The van der Waals surface area contributed by atoms with E-state index >= 15 is 0 Å². The van der Waals surface area contributed by atoms with Crippen LogP contribution in [0.3, 0.4) is 0 Å². The average molecular weight is 521 g/mol. The summed E-state index contributed by atoms with van der Waals surface area (Å²) >= 11 is 1.65. The lowest BCUT2D eigenvalue weighted by atomic mass is 10.1. The molecule has 11 heteroatoms. The van der Waals surface area contributed by atoms with Gasteiger partial charge in [-0.15, -0.1) is 21.9 Å². The van der Waals surface area contributed by atoms with Crippen LogP contribution in [0.4, 0.5) is 0 Å². The molecule has 35 heavy (non-hydrogen) atoms. The molecule has 9 nitrogen and oxygen atoms in total. The largest absolute Gasteiger partial charge is 0.465 e. The Morgan fingerprint density at radius 3 is 2.34 bits per heavy atom. The van der Waals surface area contributed by atoms with Crippen LogP contribution in [0.25, 0.3) is 16.9 Å². The first kappa shape index (κ1) is 26.6. The van der Waals surface area contributed by atoms with E-state index < -0.39 is 21.6 Å². The molecule has 0 saturated heterocycles. The second kappa shape index (κ2) is 11.6. The van der Waals surface area contributed by atoms with Crippen molar-refractivity contribution in [1.29, 1.82) is 0 Å². The second-order valence-corrected chi connectivity index (χ2v) is 10.9. The number of carbonyl (C=O) groups is 1. The van der Waals surface area contributed by atoms with Gasteiger partial charge in [-0.05, 0) is 66.8 Å². The molecule has 0 aliphatic rings. The number of nitrogens with zero attached hydrogens (tertiary/aromatic N) is 2. The average Bonchev–Trinajstić information content (AvgIpc) is 3.14. The molecule has 188 valence electrons. The van der Waals surface area contributed by atoms with Crippen molar-refractivity contribution >= 4 is 28.3 Å². The Labute approximate surface area is 209 Å². The number of ether oxygens (including phenoxy) is 1. The maximum atomic E-state index is 12.4. The fourth-order valence-corrected chi connectivity index (χ4v) is 4.65. The predicted octanol–water partition coefficient (Wildman–Crippen LogP) is 5.60. The minimum absolute atomic E-state index is 0.0281. The molecule has 0 unspecified atom stereocenters. The van der Waals surface area contributed by atoms with Crippen molar-refractivity contribution in [1.82, 2.24) is 4.57 Å². The molecule has 0 amide bonds. The van der Waals surface area contributed by atoms with E-state index in [2.05, 4.69) is 9.40 Å². The Kier molecular flexibility index (Phi) is 8.84. The van der Waals surface area contributed by atoms with Crippen molar-refractivity contribution in [2.24, 2.45) is 0 Å². The monoisotopic (exact) mass is 520 g/mol. The van der Waals surface area contributed by atoms with Gasteiger partial charge < -0.3 is 14.1 Å². The van der Waals surface area contributed by atoms with E-state index in [0.29, 0.717) is 4.90 Å². The Bertz CT molecular complexity index is 1170. The maximum Gasteiger partial charge on any atom is 0.310 e. The lowest BCUT2D eigenvalue weighted by Gasteiger charge is -2.26. The van der Waals surface area contributed by atoms with Crippen molar-refractivity contribution in [2.45, 2.75) is 29.6 Å². The van der Waals surface area contributed by atoms with Gasteiger partial charge in [0.25, 0.3) is 5.09 Å². The van der Waals surface area contributed by atoms with Crippen LogP contribution in [0.15, 0.2) is 64.4 Å².